The maximum Gasteiger partial charge on any atom is 0.282 e. The van der Waals surface area contributed by atoms with Crippen LogP contribution in [0.4, 0.5) is 11.4 Å². The van der Waals surface area contributed by atoms with E-state index in [1.54, 1.807) is 91.9 Å². The van der Waals surface area contributed by atoms with Crippen molar-refractivity contribution in [2.45, 2.75) is 73.5 Å². The molecule has 9 heterocycles. The van der Waals surface area contributed by atoms with Crippen molar-refractivity contribution >= 4 is 134 Å². The van der Waals surface area contributed by atoms with Gasteiger partial charge in [-0.3, -0.25) is 24.1 Å². The molecule has 4 aromatic rings. The number of hydrogen-bond acceptors (Lipinski definition) is 14. The fourth-order valence-electron chi connectivity index (χ4n) is 10.9. The number of hydrazine groups is 1. The minimum absolute atomic E-state index is 0.0222. The molecule has 4 unspecified atom stereocenters. The molecule has 13 rings (SSSR count). The summed E-state index contributed by atoms with van der Waals surface area (Å²) in [4.78, 5) is 59.0. The molecule has 334 valence electrons. The van der Waals surface area contributed by atoms with Gasteiger partial charge in [-0.15, -0.1) is 0 Å². The van der Waals surface area contributed by atoms with Gasteiger partial charge >= 0.3 is 0 Å². The highest BCUT2D eigenvalue weighted by Crippen LogP contribution is 2.72. The van der Waals surface area contributed by atoms with Crippen molar-refractivity contribution in [3.63, 3.8) is 0 Å². The van der Waals surface area contributed by atoms with Crippen LogP contribution in [0, 0.1) is 0 Å². The molecule has 9 aliphatic rings. The first-order valence-electron chi connectivity index (χ1n) is 20.2. The molecule has 7 atom stereocenters. The maximum absolute atomic E-state index is 15.7. The number of benzene rings is 4. The molecular formula is C43H36N6O8S8. The van der Waals surface area contributed by atoms with E-state index in [-0.39, 0.29) is 37.5 Å². The standard InChI is InChI=1S/C43H36N6O8S8/c1-39-33(50)46-32-41(24-43(46,36(53)45(39)4)63-38(59)60-39,28-20-12-14-22-31(28)47(32)64(54,55)25-15-7-5-8-16-25)29-23-42-35(52)44(3)40(2,61-37(58)62-42)34(51)48(42)49(30-21-13-11-19-27(29)30)65(56,57)26-17-9-6-10-18-26/h5-22,29,32H,23-24H2,1-4H3/t29?,32-,39-,40-,41?,42?,43?/m0/s1. The molecular weight excluding hydrogens is 985 g/mol. The summed E-state index contributed by atoms with van der Waals surface area (Å²) < 4.78 is 65.0. The Hall–Kier alpha value is -4.16. The molecule has 7 saturated heterocycles. The predicted octanol–water partition coefficient (Wildman–Crippen LogP) is 6.12. The molecule has 65 heavy (non-hydrogen) atoms. The zero-order chi connectivity index (χ0) is 46.0. The smallest absolute Gasteiger partial charge is 0.282 e. The van der Waals surface area contributed by atoms with Crippen molar-refractivity contribution in [1.29, 1.82) is 0 Å². The van der Waals surface area contributed by atoms with Gasteiger partial charge in [-0.2, -0.15) is 12.8 Å². The third kappa shape index (κ3) is 5.27. The Morgan fingerprint density at radius 3 is 1.69 bits per heavy atom. The van der Waals surface area contributed by atoms with Crippen LogP contribution < -0.4 is 8.72 Å². The SMILES string of the molecule is CN1C(=O)C23CC4(C5CC67SC(=S)S[C@@](C)(C(=O)N6N(S(=O)(=O)c6ccccc6)c6ccccc65)N(C)C7=O)c5ccccc5N(S(=O)(=O)c5ccccc5)[C@@H]4N2C(=O)[C@]1(C)SC(=S)S3. The van der Waals surface area contributed by atoms with Gasteiger partial charge in [-0.05, 0) is 67.8 Å². The van der Waals surface area contributed by atoms with Crippen LogP contribution in [-0.2, 0) is 44.6 Å². The van der Waals surface area contributed by atoms with Gasteiger partial charge in [0.15, 0.2) is 19.5 Å². The van der Waals surface area contributed by atoms with Crippen LogP contribution in [0.1, 0.15) is 43.7 Å². The summed E-state index contributed by atoms with van der Waals surface area (Å²) in [6, 6.07) is 28.9. The monoisotopic (exact) mass is 1020 g/mol. The summed E-state index contributed by atoms with van der Waals surface area (Å²) in [6.07, 6.45) is -2.06. The molecule has 0 N–H and O–H groups in total. The van der Waals surface area contributed by atoms with Gasteiger partial charge in [0.2, 0.25) is 0 Å². The average Bonchev–Trinajstić information content (AvgIpc) is 3.56. The number of sulfonamides is 2. The number of carbonyl (C=O) groups is 4. The zero-order valence-corrected chi connectivity index (χ0v) is 41.2. The van der Waals surface area contributed by atoms with Gasteiger partial charge in [-0.1, -0.05) is 144 Å². The molecule has 0 saturated carbocycles. The number of nitrogens with zero attached hydrogens (tertiary/aromatic N) is 6. The highest BCUT2D eigenvalue weighted by Gasteiger charge is 2.81. The zero-order valence-electron chi connectivity index (χ0n) is 34.7. The Morgan fingerprint density at radius 2 is 1.08 bits per heavy atom. The summed E-state index contributed by atoms with van der Waals surface area (Å²) in [5, 5.41) is 1.06. The molecule has 0 radical (unpaired) electrons. The number of likely N-dealkylation sites (N-methyl/N-ethyl adjacent to an activating group) is 2. The molecule has 14 nitrogen and oxygen atoms in total. The molecule has 4 aromatic carbocycles. The molecule has 7 fully saturated rings. The summed E-state index contributed by atoms with van der Waals surface area (Å²) in [7, 11) is -6.34. The Balaban J connectivity index is 1.28. The van der Waals surface area contributed by atoms with E-state index in [1.165, 1.54) is 64.3 Å². The van der Waals surface area contributed by atoms with Gasteiger partial charge in [0.1, 0.15) is 13.2 Å². The van der Waals surface area contributed by atoms with Gasteiger partial charge < -0.3 is 9.80 Å². The van der Waals surface area contributed by atoms with Crippen molar-refractivity contribution in [2.75, 3.05) is 22.8 Å². The molecule has 9 aliphatic heterocycles. The van der Waals surface area contributed by atoms with Gasteiger partial charge in [0.25, 0.3) is 43.7 Å². The van der Waals surface area contributed by atoms with E-state index >= 15 is 36.0 Å². The number of fused-ring (bicyclic) bond motifs is 10. The molecule has 4 amide bonds. The predicted molar refractivity (Wildman–Crippen MR) is 260 cm³/mol. The van der Waals surface area contributed by atoms with Crippen molar-refractivity contribution in [1.82, 2.24) is 19.7 Å². The number of carbonyl (C=O) groups excluding carboxylic acids is 4. The van der Waals surface area contributed by atoms with E-state index in [2.05, 4.69) is 0 Å². The summed E-state index contributed by atoms with van der Waals surface area (Å²) in [5.41, 5.74) is -0.638. The normalized spacial score (nSPS) is 32.8. The molecule has 4 bridgehead atoms. The minimum atomic E-state index is -4.76. The van der Waals surface area contributed by atoms with Crippen molar-refractivity contribution in [2.24, 2.45) is 0 Å². The first-order chi connectivity index (χ1) is 30.7. The molecule has 22 heteroatoms. The molecule has 2 spiro atoms. The van der Waals surface area contributed by atoms with Gasteiger partial charge in [0.05, 0.1) is 21.2 Å². The van der Waals surface area contributed by atoms with E-state index < -0.39 is 80.7 Å². The largest absolute Gasteiger partial charge is 0.320 e. The Kier molecular flexibility index (Phi) is 9.32. The maximum atomic E-state index is 15.7. The third-order valence-electron chi connectivity index (χ3n) is 14.0. The lowest BCUT2D eigenvalue weighted by molar-refractivity contribution is -0.164. The number of thiocarbonyl (C=S) groups is 2. The van der Waals surface area contributed by atoms with Crippen LogP contribution in [0.25, 0.3) is 0 Å². The lowest BCUT2D eigenvalue weighted by Crippen LogP contribution is -2.75. The second kappa shape index (κ2) is 14.0. The lowest BCUT2D eigenvalue weighted by atomic mass is 9.63. The van der Waals surface area contributed by atoms with Crippen molar-refractivity contribution in [3.8, 4) is 0 Å². The number of thioether (sulfide) groups is 4. The fourth-order valence-corrected chi connectivity index (χ4v) is 21.7. The summed E-state index contributed by atoms with van der Waals surface area (Å²) >= 11 is 15.9. The van der Waals surface area contributed by atoms with E-state index in [0.29, 0.717) is 14.7 Å². The molecule has 0 aromatic heterocycles. The topological polar surface area (TPSA) is 156 Å². The van der Waals surface area contributed by atoms with Gasteiger partial charge in [-0.25, -0.2) is 17.7 Å². The van der Waals surface area contributed by atoms with Crippen LogP contribution in [0.15, 0.2) is 119 Å². The first-order valence-corrected chi connectivity index (χ1v) is 27.2. The Bertz CT molecular complexity index is 3110. The average molecular weight is 1020 g/mol. The first kappa shape index (κ1) is 43.4. The number of anilines is 2. The van der Waals surface area contributed by atoms with Crippen molar-refractivity contribution in [3.05, 3.63) is 120 Å². The van der Waals surface area contributed by atoms with E-state index in [9.17, 15) is 0 Å². The quantitative estimate of drug-likeness (QED) is 0.211. The molecule has 0 aliphatic carbocycles. The number of hydrogen-bond donors (Lipinski definition) is 0. The Labute approximate surface area is 402 Å². The highest BCUT2D eigenvalue weighted by molar-refractivity contribution is 8.49. The third-order valence-corrected chi connectivity index (χ3v) is 23.6. The fraction of sp³-hybridized carbons (Fsp3) is 0.302. The van der Waals surface area contributed by atoms with Crippen LogP contribution in [0.5, 0.6) is 0 Å². The second-order valence-corrected chi connectivity index (χ2v) is 28.4. The van der Waals surface area contributed by atoms with Crippen LogP contribution in [-0.4, -0.2) is 107 Å². The van der Waals surface area contributed by atoms with Crippen LogP contribution >= 0.6 is 71.5 Å². The second-order valence-electron chi connectivity index (χ2n) is 17.1. The number of amides is 4. The summed E-state index contributed by atoms with van der Waals surface area (Å²) in [6.45, 7) is 3.14. The number of piperazine rings is 2. The van der Waals surface area contributed by atoms with Crippen molar-refractivity contribution < 1.29 is 36.0 Å². The van der Waals surface area contributed by atoms with E-state index in [1.807, 2.05) is 0 Å². The highest BCUT2D eigenvalue weighted by atomic mass is 32.2. The van der Waals surface area contributed by atoms with Gasteiger partial charge in [0, 0.05) is 31.8 Å². The number of para-hydroxylation sites is 2. The summed E-state index contributed by atoms with van der Waals surface area (Å²) in [5.74, 6) is -3.50. The Morgan fingerprint density at radius 1 is 0.585 bits per heavy atom. The van der Waals surface area contributed by atoms with Crippen LogP contribution in [0.2, 0.25) is 0 Å². The number of rotatable bonds is 5. The lowest BCUT2D eigenvalue weighted by Gasteiger charge is -2.53. The van der Waals surface area contributed by atoms with E-state index in [4.69, 9.17) is 24.4 Å². The van der Waals surface area contributed by atoms with E-state index in [0.717, 1.165) is 56.5 Å². The van der Waals surface area contributed by atoms with Crippen LogP contribution in [0.3, 0.4) is 0 Å². The minimum Gasteiger partial charge on any atom is -0.320 e.